The zero-order valence-corrected chi connectivity index (χ0v) is 17.1. The highest BCUT2D eigenvalue weighted by Crippen LogP contribution is 2.37. The van der Waals surface area contributed by atoms with E-state index in [9.17, 15) is 4.79 Å². The molecule has 0 radical (unpaired) electrons. The number of halogens is 2. The smallest absolute Gasteiger partial charge is 0.399 e. The van der Waals surface area contributed by atoms with Gasteiger partial charge in [0.25, 0.3) is 5.91 Å². The van der Waals surface area contributed by atoms with E-state index in [0.29, 0.717) is 11.3 Å². The van der Waals surface area contributed by atoms with E-state index in [2.05, 4.69) is 4.98 Å². The van der Waals surface area contributed by atoms with Crippen LogP contribution in [0.3, 0.4) is 0 Å². The van der Waals surface area contributed by atoms with E-state index in [1.165, 1.54) is 17.0 Å². The summed E-state index contributed by atoms with van der Waals surface area (Å²) in [5.74, 6) is -1.76. The summed E-state index contributed by atoms with van der Waals surface area (Å²) in [7, 11) is -0.866. The van der Waals surface area contributed by atoms with Gasteiger partial charge < -0.3 is 14.2 Å². The predicted molar refractivity (Wildman–Crippen MR) is 105 cm³/mol. The van der Waals surface area contributed by atoms with Crippen LogP contribution in [-0.4, -0.2) is 34.1 Å². The molecule has 0 spiro atoms. The van der Waals surface area contributed by atoms with Gasteiger partial charge in [0.05, 0.1) is 35.0 Å². The molecule has 8 heteroatoms. The van der Waals surface area contributed by atoms with Crippen LogP contribution in [-0.2, 0) is 15.9 Å². The van der Waals surface area contributed by atoms with Crippen LogP contribution in [0.25, 0.3) is 0 Å². The Hall–Kier alpha value is -2.32. The van der Waals surface area contributed by atoms with Gasteiger partial charge in [-0.2, -0.15) is 0 Å². The summed E-state index contributed by atoms with van der Waals surface area (Å²) in [5, 5.41) is 0. The molecule has 2 aliphatic rings. The number of nitrogens with zero attached hydrogens (tertiary/aromatic N) is 2. The first kappa shape index (κ1) is 20.0. The van der Waals surface area contributed by atoms with E-state index < -0.39 is 36.0 Å². The molecule has 2 aliphatic heterocycles. The summed E-state index contributed by atoms with van der Waals surface area (Å²) in [6.07, 6.45) is 1.60. The number of amides is 1. The highest BCUT2D eigenvalue weighted by molar-refractivity contribution is 6.62. The molecule has 0 N–H and O–H groups in total. The minimum Gasteiger partial charge on any atom is -0.399 e. The Morgan fingerprint density at radius 2 is 1.72 bits per heavy atom. The molecule has 3 heterocycles. The molecule has 0 unspecified atom stereocenters. The number of rotatable bonds is 3. The van der Waals surface area contributed by atoms with Crippen molar-refractivity contribution in [3.05, 3.63) is 58.9 Å². The van der Waals surface area contributed by atoms with Crippen molar-refractivity contribution in [1.29, 1.82) is 0 Å². The minimum atomic E-state index is -0.866. The molecule has 29 heavy (non-hydrogen) atoms. The Balaban J connectivity index is 1.63. The van der Waals surface area contributed by atoms with Gasteiger partial charge >= 0.3 is 7.12 Å². The third-order valence-corrected chi connectivity index (χ3v) is 6.21. The fourth-order valence-electron chi connectivity index (χ4n) is 3.73. The van der Waals surface area contributed by atoms with Gasteiger partial charge in [0.2, 0.25) is 0 Å². The maximum atomic E-state index is 15.0. The highest BCUT2D eigenvalue weighted by atomic mass is 19.1. The first-order valence-corrected chi connectivity index (χ1v) is 9.61. The Bertz CT molecular complexity index is 957. The van der Waals surface area contributed by atoms with Crippen LogP contribution >= 0.6 is 0 Å². The standard InChI is InChI=1S/C21H23BF2N2O3/c1-12(26-11-17-14(19(26)27)7-6-8-25-17)18-15(23)9-13(10-16(18)24)22-28-20(2,3)21(4,5)29-22/h6-10,12H,11H2,1-5H3/t12-/m0/s1. The van der Waals surface area contributed by atoms with E-state index in [0.717, 1.165) is 0 Å². The van der Waals surface area contributed by atoms with E-state index in [-0.39, 0.29) is 23.5 Å². The SMILES string of the molecule is C[C@@H](c1c(F)cc(B2OC(C)(C)C(C)(C)O2)cc1F)N1Cc2ncccc2C1=O. The van der Waals surface area contributed by atoms with Crippen molar-refractivity contribution in [2.45, 2.75) is 58.4 Å². The van der Waals surface area contributed by atoms with E-state index in [4.69, 9.17) is 9.31 Å². The largest absolute Gasteiger partial charge is 0.495 e. The molecule has 1 atom stereocenters. The Labute approximate surface area is 169 Å². The van der Waals surface area contributed by atoms with Gasteiger partial charge in [0.1, 0.15) is 11.6 Å². The highest BCUT2D eigenvalue weighted by Gasteiger charge is 2.52. The number of fused-ring (bicyclic) bond motifs is 1. The van der Waals surface area contributed by atoms with Crippen LogP contribution < -0.4 is 5.46 Å². The molecule has 1 amide bonds. The van der Waals surface area contributed by atoms with Gasteiger partial charge in [-0.15, -0.1) is 0 Å². The quantitative estimate of drug-likeness (QED) is 0.742. The first-order chi connectivity index (χ1) is 13.5. The molecule has 1 fully saturated rings. The molecule has 0 aliphatic carbocycles. The molecule has 5 nitrogen and oxygen atoms in total. The summed E-state index contributed by atoms with van der Waals surface area (Å²) >= 11 is 0. The van der Waals surface area contributed by atoms with Crippen LogP contribution in [0, 0.1) is 11.6 Å². The molecule has 2 aromatic rings. The number of benzene rings is 1. The lowest BCUT2D eigenvalue weighted by molar-refractivity contribution is 0.00578. The summed E-state index contributed by atoms with van der Waals surface area (Å²) in [6, 6.07) is 5.01. The number of hydrogen-bond donors (Lipinski definition) is 0. The number of hydrogen-bond acceptors (Lipinski definition) is 4. The summed E-state index contributed by atoms with van der Waals surface area (Å²) in [4.78, 5) is 18.3. The van der Waals surface area contributed by atoms with Crippen molar-refractivity contribution in [1.82, 2.24) is 9.88 Å². The number of carbonyl (C=O) groups excluding carboxylic acids is 1. The maximum Gasteiger partial charge on any atom is 0.495 e. The lowest BCUT2D eigenvalue weighted by Crippen LogP contribution is -2.41. The maximum absolute atomic E-state index is 15.0. The molecule has 1 aromatic carbocycles. The molecule has 0 saturated carbocycles. The second kappa shape index (κ2) is 6.60. The zero-order valence-electron chi connectivity index (χ0n) is 17.1. The van der Waals surface area contributed by atoms with Gasteiger partial charge in [0.15, 0.2) is 0 Å². The molecule has 1 saturated heterocycles. The number of pyridine rings is 1. The number of aromatic nitrogens is 1. The van der Waals surface area contributed by atoms with Crippen molar-refractivity contribution in [3.8, 4) is 0 Å². The minimum absolute atomic E-state index is 0.161. The third-order valence-electron chi connectivity index (χ3n) is 6.21. The molecule has 1 aromatic heterocycles. The Morgan fingerprint density at radius 3 is 2.28 bits per heavy atom. The summed E-state index contributed by atoms with van der Waals surface area (Å²) < 4.78 is 41.8. The molecular formula is C21H23BF2N2O3. The van der Waals surface area contributed by atoms with Crippen molar-refractivity contribution in [2.24, 2.45) is 0 Å². The van der Waals surface area contributed by atoms with E-state index >= 15 is 8.78 Å². The Kier molecular flexibility index (Phi) is 4.55. The van der Waals surface area contributed by atoms with Crippen molar-refractivity contribution >= 4 is 18.5 Å². The van der Waals surface area contributed by atoms with E-state index in [1.54, 1.807) is 25.3 Å². The lowest BCUT2D eigenvalue weighted by Gasteiger charge is -2.32. The van der Waals surface area contributed by atoms with Crippen molar-refractivity contribution in [3.63, 3.8) is 0 Å². The van der Waals surface area contributed by atoms with Crippen molar-refractivity contribution < 1.29 is 22.9 Å². The summed E-state index contributed by atoms with van der Waals surface area (Å²) in [5.41, 5.74) is -0.0407. The van der Waals surface area contributed by atoms with Gasteiger partial charge in [-0.1, -0.05) is 0 Å². The zero-order chi connectivity index (χ0) is 21.1. The van der Waals surface area contributed by atoms with E-state index in [1.807, 2.05) is 27.7 Å². The topological polar surface area (TPSA) is 51.7 Å². The van der Waals surface area contributed by atoms with Gasteiger partial charge in [-0.3, -0.25) is 9.78 Å². The van der Waals surface area contributed by atoms with Gasteiger partial charge in [-0.05, 0) is 64.3 Å². The van der Waals surface area contributed by atoms with Crippen LogP contribution in [0.2, 0.25) is 0 Å². The van der Waals surface area contributed by atoms with Crippen molar-refractivity contribution in [2.75, 3.05) is 0 Å². The normalized spacial score (nSPS) is 20.9. The van der Waals surface area contributed by atoms with Crippen LogP contribution in [0.1, 0.15) is 62.3 Å². The Morgan fingerprint density at radius 1 is 1.14 bits per heavy atom. The monoisotopic (exact) mass is 400 g/mol. The average molecular weight is 400 g/mol. The van der Waals surface area contributed by atoms with Gasteiger partial charge in [0, 0.05) is 11.8 Å². The molecule has 4 rings (SSSR count). The lowest BCUT2D eigenvalue weighted by atomic mass is 9.78. The molecule has 152 valence electrons. The average Bonchev–Trinajstić information content (AvgIpc) is 3.07. The van der Waals surface area contributed by atoms with Crippen LogP contribution in [0.4, 0.5) is 8.78 Å². The fraction of sp³-hybridized carbons (Fsp3) is 0.429. The molecular weight excluding hydrogens is 377 g/mol. The summed E-state index contributed by atoms with van der Waals surface area (Å²) in [6.45, 7) is 9.33. The van der Waals surface area contributed by atoms with Crippen LogP contribution in [0.5, 0.6) is 0 Å². The van der Waals surface area contributed by atoms with Crippen LogP contribution in [0.15, 0.2) is 30.5 Å². The molecule has 0 bridgehead atoms. The number of carbonyl (C=O) groups is 1. The third kappa shape index (κ3) is 3.15. The second-order valence-electron chi connectivity index (χ2n) is 8.59. The second-order valence-corrected chi connectivity index (χ2v) is 8.59. The first-order valence-electron chi connectivity index (χ1n) is 9.61. The fourth-order valence-corrected chi connectivity index (χ4v) is 3.73. The predicted octanol–water partition coefficient (Wildman–Crippen LogP) is 3.38. The van der Waals surface area contributed by atoms with Gasteiger partial charge in [-0.25, -0.2) is 8.78 Å².